The maximum atomic E-state index is 13.2. The van der Waals surface area contributed by atoms with Crippen LogP contribution < -0.4 is 15.4 Å². The van der Waals surface area contributed by atoms with Crippen LogP contribution in [0.3, 0.4) is 0 Å². The molecular weight excluding hydrogens is 587 g/mol. The van der Waals surface area contributed by atoms with Crippen LogP contribution in [0.5, 0.6) is 5.88 Å². The lowest BCUT2D eigenvalue weighted by Crippen LogP contribution is -2.51. The van der Waals surface area contributed by atoms with E-state index in [1.807, 2.05) is 0 Å². The second kappa shape index (κ2) is 14.6. The van der Waals surface area contributed by atoms with Gasteiger partial charge in [-0.05, 0) is 48.0 Å². The molecule has 1 atom stereocenters. The van der Waals surface area contributed by atoms with Crippen LogP contribution in [0.25, 0.3) is 6.08 Å². The van der Waals surface area contributed by atoms with Gasteiger partial charge in [-0.3, -0.25) is 19.4 Å². The molecule has 13 heteroatoms. The van der Waals surface area contributed by atoms with E-state index in [1.54, 1.807) is 54.7 Å². The predicted molar refractivity (Wildman–Crippen MR) is 153 cm³/mol. The molecule has 0 radical (unpaired) electrons. The van der Waals surface area contributed by atoms with Crippen molar-refractivity contribution in [2.45, 2.75) is 37.6 Å². The number of piperidine rings is 1. The first-order valence-corrected chi connectivity index (χ1v) is 13.8. The van der Waals surface area contributed by atoms with Gasteiger partial charge in [0.05, 0.1) is 6.54 Å². The number of pyridine rings is 2. The lowest BCUT2D eigenvalue weighted by Gasteiger charge is -2.32. The number of hydrogen-bond acceptors (Lipinski definition) is 6. The van der Waals surface area contributed by atoms with Crippen LogP contribution in [0.1, 0.15) is 29.7 Å². The van der Waals surface area contributed by atoms with Crippen LogP contribution in [-0.2, 0) is 27.0 Å². The Bertz CT molecular complexity index is 1430. The molecule has 2 N–H and O–H groups in total. The second-order valence-corrected chi connectivity index (χ2v) is 10.2. The number of ether oxygens (including phenoxy) is 1. The van der Waals surface area contributed by atoms with Crippen molar-refractivity contribution < 1.29 is 32.3 Å². The second-order valence-electron chi connectivity index (χ2n) is 9.74. The van der Waals surface area contributed by atoms with Gasteiger partial charge in [-0.25, -0.2) is 4.98 Å². The number of nitrogens with one attached hydrogen (secondary N) is 2. The number of carbonyl (C=O) groups is 3. The standard InChI is InChI=1S/C30H29ClF3N5O4/c31-21-9-6-20(7-10-21)8-11-26(40)38-25(18-22-4-1-2-14-35-22)28(42)37-19-27(41)39-16-12-23(13-17-39)43-29-24(30(32,33)34)5-3-15-36-29/h1-11,14-15,23,25H,12-13,16-19H2,(H,37,42)(H,38,40)/t25-/m0/s1. The van der Waals surface area contributed by atoms with Crippen molar-refractivity contribution in [3.05, 3.63) is 94.9 Å². The van der Waals surface area contributed by atoms with Gasteiger partial charge in [0.1, 0.15) is 17.7 Å². The maximum Gasteiger partial charge on any atom is 0.421 e. The van der Waals surface area contributed by atoms with Crippen LogP contribution >= 0.6 is 11.6 Å². The third-order valence-electron chi connectivity index (χ3n) is 6.63. The molecule has 1 fully saturated rings. The minimum atomic E-state index is -4.60. The SMILES string of the molecule is O=C(C=Cc1ccc(Cl)cc1)N[C@@H](Cc1ccccn1)C(=O)NCC(=O)N1CCC(Oc2ncccc2C(F)(F)F)CC1. The zero-order chi connectivity index (χ0) is 30.8. The highest BCUT2D eigenvalue weighted by molar-refractivity contribution is 6.30. The zero-order valence-corrected chi connectivity index (χ0v) is 23.6. The van der Waals surface area contributed by atoms with Gasteiger partial charge in [-0.2, -0.15) is 13.2 Å². The van der Waals surface area contributed by atoms with Crippen molar-refractivity contribution >= 4 is 35.4 Å². The number of nitrogens with zero attached hydrogens (tertiary/aromatic N) is 3. The van der Waals surface area contributed by atoms with Crippen LogP contribution in [0.4, 0.5) is 13.2 Å². The molecular formula is C30H29ClF3N5O4. The first kappa shape index (κ1) is 31.5. The minimum Gasteiger partial charge on any atom is -0.474 e. The topological polar surface area (TPSA) is 114 Å². The van der Waals surface area contributed by atoms with E-state index in [-0.39, 0.29) is 32.0 Å². The third kappa shape index (κ3) is 9.53. The van der Waals surface area contributed by atoms with Gasteiger partial charge in [-0.1, -0.05) is 29.8 Å². The molecule has 0 bridgehead atoms. The molecule has 2 aromatic heterocycles. The summed E-state index contributed by atoms with van der Waals surface area (Å²) in [5.41, 5.74) is 0.356. The van der Waals surface area contributed by atoms with Crippen molar-refractivity contribution in [1.82, 2.24) is 25.5 Å². The number of amides is 3. The minimum absolute atomic E-state index is 0.0948. The molecule has 4 rings (SSSR count). The summed E-state index contributed by atoms with van der Waals surface area (Å²) in [4.78, 5) is 48.0. The fraction of sp³-hybridized carbons (Fsp3) is 0.300. The fourth-order valence-electron chi connectivity index (χ4n) is 4.38. The molecule has 1 aromatic carbocycles. The molecule has 0 aliphatic carbocycles. The van der Waals surface area contributed by atoms with Crippen LogP contribution in [0.15, 0.2) is 73.1 Å². The molecule has 9 nitrogen and oxygen atoms in total. The number of likely N-dealkylation sites (tertiary alicyclic amines) is 1. The van der Waals surface area contributed by atoms with Gasteiger partial charge in [0.15, 0.2) is 0 Å². The fourth-order valence-corrected chi connectivity index (χ4v) is 4.51. The zero-order valence-electron chi connectivity index (χ0n) is 22.9. The first-order chi connectivity index (χ1) is 20.6. The van der Waals surface area contributed by atoms with E-state index in [0.29, 0.717) is 23.6 Å². The van der Waals surface area contributed by atoms with Crippen molar-refractivity contribution in [3.8, 4) is 5.88 Å². The van der Waals surface area contributed by atoms with Crippen molar-refractivity contribution in [2.75, 3.05) is 19.6 Å². The number of hydrogen-bond donors (Lipinski definition) is 2. The molecule has 226 valence electrons. The van der Waals surface area contributed by atoms with Gasteiger partial charge in [-0.15, -0.1) is 0 Å². The lowest BCUT2D eigenvalue weighted by atomic mass is 10.1. The molecule has 43 heavy (non-hydrogen) atoms. The first-order valence-electron chi connectivity index (χ1n) is 13.5. The Morgan fingerprint density at radius 2 is 1.74 bits per heavy atom. The summed E-state index contributed by atoms with van der Waals surface area (Å²) in [5.74, 6) is -1.94. The van der Waals surface area contributed by atoms with E-state index in [1.165, 1.54) is 23.2 Å². The average Bonchev–Trinajstić information content (AvgIpc) is 3.00. The molecule has 1 aliphatic rings. The van der Waals surface area contributed by atoms with Crippen LogP contribution in [0, 0.1) is 0 Å². The summed E-state index contributed by atoms with van der Waals surface area (Å²) in [6.07, 6.45) is 1.22. The van der Waals surface area contributed by atoms with Gasteiger partial charge in [0.2, 0.25) is 23.6 Å². The Kier molecular flexibility index (Phi) is 10.7. The lowest BCUT2D eigenvalue weighted by molar-refractivity contribution is -0.140. The van der Waals surface area contributed by atoms with Gasteiger partial charge in [0.25, 0.3) is 0 Å². The molecule has 0 saturated carbocycles. The summed E-state index contributed by atoms with van der Waals surface area (Å²) in [6, 6.07) is 13.1. The van der Waals surface area contributed by atoms with Gasteiger partial charge >= 0.3 is 6.18 Å². The van der Waals surface area contributed by atoms with E-state index in [4.69, 9.17) is 16.3 Å². The van der Waals surface area contributed by atoms with Crippen molar-refractivity contribution in [2.24, 2.45) is 0 Å². The summed E-state index contributed by atoms with van der Waals surface area (Å²) in [7, 11) is 0. The molecule has 3 heterocycles. The van der Waals surface area contributed by atoms with E-state index >= 15 is 0 Å². The predicted octanol–water partition coefficient (Wildman–Crippen LogP) is 4.08. The molecule has 1 aliphatic heterocycles. The Balaban J connectivity index is 1.30. The number of rotatable bonds is 10. The summed E-state index contributed by atoms with van der Waals surface area (Å²) in [6.45, 7) is 0.145. The summed E-state index contributed by atoms with van der Waals surface area (Å²) < 4.78 is 45.3. The smallest absolute Gasteiger partial charge is 0.421 e. The Hall–Kier alpha value is -4.45. The maximum absolute atomic E-state index is 13.2. The highest BCUT2D eigenvalue weighted by Gasteiger charge is 2.36. The largest absolute Gasteiger partial charge is 0.474 e. The number of carbonyl (C=O) groups excluding carboxylic acids is 3. The Morgan fingerprint density at radius 3 is 2.42 bits per heavy atom. The van der Waals surface area contributed by atoms with Crippen LogP contribution in [-0.4, -0.2) is 64.4 Å². The van der Waals surface area contributed by atoms with Crippen molar-refractivity contribution in [3.63, 3.8) is 0 Å². The van der Waals surface area contributed by atoms with E-state index in [9.17, 15) is 27.6 Å². The van der Waals surface area contributed by atoms with Crippen LogP contribution in [0.2, 0.25) is 5.02 Å². The molecule has 0 unspecified atom stereocenters. The third-order valence-corrected chi connectivity index (χ3v) is 6.88. The molecule has 3 amide bonds. The number of benzene rings is 1. The van der Waals surface area contributed by atoms with Gasteiger partial charge in [0, 0.05) is 61.5 Å². The van der Waals surface area contributed by atoms with E-state index < -0.39 is 41.6 Å². The highest BCUT2D eigenvalue weighted by atomic mass is 35.5. The number of aromatic nitrogens is 2. The van der Waals surface area contributed by atoms with Gasteiger partial charge < -0.3 is 20.3 Å². The summed E-state index contributed by atoms with van der Waals surface area (Å²) in [5, 5.41) is 5.81. The number of halogens is 4. The Labute approximate surface area is 251 Å². The highest BCUT2D eigenvalue weighted by Crippen LogP contribution is 2.35. The number of alkyl halides is 3. The quantitative estimate of drug-likeness (QED) is 0.333. The van der Waals surface area contributed by atoms with E-state index in [2.05, 4.69) is 20.6 Å². The Morgan fingerprint density at radius 1 is 1.02 bits per heavy atom. The average molecular weight is 616 g/mol. The monoisotopic (exact) mass is 615 g/mol. The molecule has 0 spiro atoms. The molecule has 3 aromatic rings. The van der Waals surface area contributed by atoms with Crippen molar-refractivity contribution in [1.29, 1.82) is 0 Å². The molecule has 1 saturated heterocycles. The normalized spacial score (nSPS) is 14.7. The summed E-state index contributed by atoms with van der Waals surface area (Å²) >= 11 is 5.89. The van der Waals surface area contributed by atoms with E-state index in [0.717, 1.165) is 11.6 Å².